The molecule has 29 heavy (non-hydrogen) atoms. The van der Waals surface area contributed by atoms with Crippen LogP contribution in [0.1, 0.15) is 44.3 Å². The minimum absolute atomic E-state index is 0.0219. The van der Waals surface area contributed by atoms with Crippen LogP contribution in [0.3, 0.4) is 0 Å². The highest BCUT2D eigenvalue weighted by Crippen LogP contribution is 2.34. The zero-order valence-electron chi connectivity index (χ0n) is 16.8. The Hall–Kier alpha value is -2.74. The van der Waals surface area contributed by atoms with Crippen molar-refractivity contribution in [1.29, 1.82) is 0 Å². The number of morpholine rings is 1. The largest absolute Gasteiger partial charge is 0.356 e. The van der Waals surface area contributed by atoms with Crippen LogP contribution in [0.25, 0.3) is 0 Å². The number of benzene rings is 1. The van der Waals surface area contributed by atoms with Gasteiger partial charge >= 0.3 is 0 Å². The molecular formula is C21H27N5O3. The molecule has 0 radical (unpaired) electrons. The third kappa shape index (κ3) is 3.89. The number of aromatic nitrogens is 3. The highest BCUT2D eigenvalue weighted by molar-refractivity contribution is 5.86. The van der Waals surface area contributed by atoms with Crippen LogP contribution in [-0.4, -0.2) is 68.2 Å². The van der Waals surface area contributed by atoms with Gasteiger partial charge in [-0.2, -0.15) is 0 Å². The zero-order chi connectivity index (χ0) is 20.4. The molecule has 2 aliphatic heterocycles. The molecule has 1 aromatic carbocycles. The number of nitrogens with zero attached hydrogens (tertiary/aromatic N) is 5. The molecule has 2 saturated heterocycles. The van der Waals surface area contributed by atoms with Crippen molar-refractivity contribution in [3.05, 3.63) is 48.5 Å². The van der Waals surface area contributed by atoms with Gasteiger partial charge in [-0.05, 0) is 32.3 Å². The van der Waals surface area contributed by atoms with E-state index < -0.39 is 12.1 Å². The average Bonchev–Trinajstić information content (AvgIpc) is 3.28. The van der Waals surface area contributed by atoms with E-state index in [1.54, 1.807) is 17.6 Å². The van der Waals surface area contributed by atoms with Crippen molar-refractivity contribution in [2.45, 2.75) is 50.9 Å². The number of ether oxygens (including phenoxy) is 1. The number of likely N-dealkylation sites (tertiary alicyclic amines) is 1. The summed E-state index contributed by atoms with van der Waals surface area (Å²) < 4.78 is 7.85. The lowest BCUT2D eigenvalue weighted by Gasteiger charge is -2.44. The van der Waals surface area contributed by atoms with Crippen molar-refractivity contribution in [3.63, 3.8) is 0 Å². The summed E-state index contributed by atoms with van der Waals surface area (Å²) in [4.78, 5) is 29.7. The van der Waals surface area contributed by atoms with Crippen molar-refractivity contribution in [2.24, 2.45) is 0 Å². The number of carbonyl (C=O) groups excluding carboxylic acids is 2. The lowest BCUT2D eigenvalue weighted by Crippen LogP contribution is -2.57. The first kappa shape index (κ1) is 19.6. The molecule has 0 bridgehead atoms. The number of amides is 2. The molecule has 3 heterocycles. The summed E-state index contributed by atoms with van der Waals surface area (Å²) >= 11 is 0. The van der Waals surface area contributed by atoms with Crippen LogP contribution < -0.4 is 0 Å². The number of piperidine rings is 1. The average molecular weight is 397 g/mol. The molecule has 2 aliphatic rings. The predicted octanol–water partition coefficient (Wildman–Crippen LogP) is 1.82. The van der Waals surface area contributed by atoms with Gasteiger partial charge in [-0.1, -0.05) is 30.3 Å². The Balaban J connectivity index is 1.54. The van der Waals surface area contributed by atoms with Crippen molar-refractivity contribution in [2.75, 3.05) is 19.7 Å². The minimum atomic E-state index is -0.691. The van der Waals surface area contributed by atoms with Gasteiger partial charge in [-0.25, -0.2) is 0 Å². The summed E-state index contributed by atoms with van der Waals surface area (Å²) in [6, 6.07) is 9.58. The van der Waals surface area contributed by atoms with Crippen LogP contribution in [0.5, 0.6) is 0 Å². The topological polar surface area (TPSA) is 80.6 Å². The SMILES string of the molecule is CC(C)N1C(=O)CO[C@H](C(=O)N2CCC(n3cnnc3)CC2)[C@H]1c1ccccc1. The van der Waals surface area contributed by atoms with Gasteiger partial charge in [0.2, 0.25) is 5.91 Å². The van der Waals surface area contributed by atoms with E-state index in [-0.39, 0.29) is 24.5 Å². The Bertz CT molecular complexity index is 831. The Morgan fingerprint density at radius 1 is 1.10 bits per heavy atom. The van der Waals surface area contributed by atoms with E-state index >= 15 is 0 Å². The van der Waals surface area contributed by atoms with E-state index in [2.05, 4.69) is 10.2 Å². The summed E-state index contributed by atoms with van der Waals surface area (Å²) in [6.07, 6.45) is 4.45. The first-order chi connectivity index (χ1) is 14.1. The maximum atomic E-state index is 13.4. The molecule has 2 amide bonds. The molecular weight excluding hydrogens is 370 g/mol. The standard InChI is InChI=1S/C21H27N5O3/c1-15(2)26-18(27)12-29-20(19(26)16-6-4-3-5-7-16)21(28)24-10-8-17(9-11-24)25-13-22-23-14-25/h3-7,13-15,17,19-20H,8-12H2,1-2H3/t19-,20+/m1/s1. The Labute approximate surface area is 170 Å². The second-order valence-corrected chi connectivity index (χ2v) is 7.95. The fourth-order valence-electron chi connectivity index (χ4n) is 4.39. The number of hydrogen-bond acceptors (Lipinski definition) is 5. The van der Waals surface area contributed by atoms with Crippen molar-refractivity contribution >= 4 is 11.8 Å². The normalized spacial score (nSPS) is 23.6. The van der Waals surface area contributed by atoms with E-state index in [0.717, 1.165) is 18.4 Å². The van der Waals surface area contributed by atoms with Gasteiger partial charge in [0.05, 0.1) is 6.04 Å². The van der Waals surface area contributed by atoms with Crippen LogP contribution in [0.4, 0.5) is 0 Å². The van der Waals surface area contributed by atoms with Crippen LogP contribution >= 0.6 is 0 Å². The third-order valence-corrected chi connectivity index (χ3v) is 5.84. The molecule has 4 rings (SSSR count). The van der Waals surface area contributed by atoms with Crippen LogP contribution in [0.15, 0.2) is 43.0 Å². The van der Waals surface area contributed by atoms with Crippen molar-refractivity contribution in [3.8, 4) is 0 Å². The second kappa shape index (κ2) is 8.32. The smallest absolute Gasteiger partial charge is 0.254 e. The molecule has 1 aromatic heterocycles. The third-order valence-electron chi connectivity index (χ3n) is 5.84. The molecule has 154 valence electrons. The molecule has 2 fully saturated rings. The van der Waals surface area contributed by atoms with E-state index in [4.69, 9.17) is 4.74 Å². The lowest BCUT2D eigenvalue weighted by atomic mass is 9.94. The van der Waals surface area contributed by atoms with Gasteiger partial charge < -0.3 is 19.1 Å². The molecule has 8 heteroatoms. The quantitative estimate of drug-likeness (QED) is 0.786. The molecule has 8 nitrogen and oxygen atoms in total. The first-order valence-corrected chi connectivity index (χ1v) is 10.2. The van der Waals surface area contributed by atoms with Gasteiger partial charge in [-0.3, -0.25) is 9.59 Å². The Morgan fingerprint density at radius 3 is 2.38 bits per heavy atom. The summed E-state index contributed by atoms with van der Waals surface area (Å²) in [6.45, 7) is 5.20. The summed E-state index contributed by atoms with van der Waals surface area (Å²) in [7, 11) is 0. The number of hydrogen-bond donors (Lipinski definition) is 0. The fraction of sp³-hybridized carbons (Fsp3) is 0.524. The summed E-state index contributed by atoms with van der Waals surface area (Å²) in [5.41, 5.74) is 0.923. The summed E-state index contributed by atoms with van der Waals surface area (Å²) in [5.74, 6) is -0.122. The Morgan fingerprint density at radius 2 is 1.76 bits per heavy atom. The van der Waals surface area contributed by atoms with Crippen LogP contribution in [0, 0.1) is 0 Å². The lowest BCUT2D eigenvalue weighted by molar-refractivity contribution is -0.172. The number of rotatable bonds is 4. The van der Waals surface area contributed by atoms with Crippen molar-refractivity contribution in [1.82, 2.24) is 24.6 Å². The summed E-state index contributed by atoms with van der Waals surface area (Å²) in [5, 5.41) is 7.75. The van der Waals surface area contributed by atoms with E-state index in [9.17, 15) is 9.59 Å². The van der Waals surface area contributed by atoms with Gasteiger partial charge in [-0.15, -0.1) is 10.2 Å². The minimum Gasteiger partial charge on any atom is -0.356 e. The highest BCUT2D eigenvalue weighted by atomic mass is 16.5. The Kier molecular flexibility index (Phi) is 5.62. The zero-order valence-corrected chi connectivity index (χ0v) is 16.8. The predicted molar refractivity (Wildman–Crippen MR) is 106 cm³/mol. The number of carbonyl (C=O) groups is 2. The molecule has 0 saturated carbocycles. The van der Waals surface area contributed by atoms with Crippen LogP contribution in [-0.2, 0) is 14.3 Å². The molecule has 0 N–H and O–H groups in total. The van der Waals surface area contributed by atoms with Crippen LogP contribution in [0.2, 0.25) is 0 Å². The van der Waals surface area contributed by atoms with E-state index in [0.29, 0.717) is 19.1 Å². The van der Waals surface area contributed by atoms with Gasteiger partial charge in [0.15, 0.2) is 6.10 Å². The second-order valence-electron chi connectivity index (χ2n) is 7.95. The van der Waals surface area contributed by atoms with Gasteiger partial charge in [0, 0.05) is 25.2 Å². The maximum Gasteiger partial charge on any atom is 0.254 e. The molecule has 0 spiro atoms. The van der Waals surface area contributed by atoms with Crippen molar-refractivity contribution < 1.29 is 14.3 Å². The fourth-order valence-corrected chi connectivity index (χ4v) is 4.39. The van der Waals surface area contributed by atoms with E-state index in [1.165, 1.54) is 0 Å². The molecule has 0 aliphatic carbocycles. The molecule has 2 aromatic rings. The highest BCUT2D eigenvalue weighted by Gasteiger charge is 2.44. The van der Waals surface area contributed by atoms with Gasteiger partial charge in [0.25, 0.3) is 5.91 Å². The molecule has 2 atom stereocenters. The monoisotopic (exact) mass is 397 g/mol. The van der Waals surface area contributed by atoms with Gasteiger partial charge in [0.1, 0.15) is 19.3 Å². The maximum absolute atomic E-state index is 13.4. The molecule has 0 unspecified atom stereocenters. The van der Waals surface area contributed by atoms with E-state index in [1.807, 2.05) is 53.6 Å². The first-order valence-electron chi connectivity index (χ1n) is 10.2.